The van der Waals surface area contributed by atoms with E-state index in [-0.39, 0.29) is 6.61 Å². The SMILES string of the molecule is CN1C2CCC1CN(c1ccc(CO)cn1)CC2. The van der Waals surface area contributed by atoms with Crippen LogP contribution in [-0.2, 0) is 6.61 Å². The smallest absolute Gasteiger partial charge is 0.128 e. The highest BCUT2D eigenvalue weighted by atomic mass is 16.3. The maximum Gasteiger partial charge on any atom is 0.128 e. The van der Waals surface area contributed by atoms with Crippen molar-refractivity contribution in [2.75, 3.05) is 25.0 Å². The molecule has 2 aliphatic rings. The van der Waals surface area contributed by atoms with Gasteiger partial charge in [-0.15, -0.1) is 0 Å². The molecule has 2 saturated heterocycles. The van der Waals surface area contributed by atoms with Gasteiger partial charge in [0.05, 0.1) is 6.61 Å². The summed E-state index contributed by atoms with van der Waals surface area (Å²) in [4.78, 5) is 9.40. The van der Waals surface area contributed by atoms with Crippen LogP contribution in [-0.4, -0.2) is 47.2 Å². The topological polar surface area (TPSA) is 39.6 Å². The molecule has 2 aliphatic heterocycles. The first kappa shape index (κ1) is 11.9. The van der Waals surface area contributed by atoms with Gasteiger partial charge in [-0.25, -0.2) is 4.98 Å². The number of anilines is 1. The van der Waals surface area contributed by atoms with Crippen molar-refractivity contribution in [3.63, 3.8) is 0 Å². The van der Waals surface area contributed by atoms with E-state index < -0.39 is 0 Å². The zero-order valence-electron chi connectivity index (χ0n) is 10.9. The van der Waals surface area contributed by atoms with Gasteiger partial charge >= 0.3 is 0 Å². The summed E-state index contributed by atoms with van der Waals surface area (Å²) < 4.78 is 0. The van der Waals surface area contributed by atoms with Crippen LogP contribution in [0.4, 0.5) is 5.82 Å². The Labute approximate surface area is 108 Å². The molecule has 4 heteroatoms. The number of nitrogens with zero attached hydrogens (tertiary/aromatic N) is 3. The van der Waals surface area contributed by atoms with Gasteiger partial charge in [-0.05, 0) is 37.9 Å². The number of aliphatic hydroxyl groups excluding tert-OH is 1. The van der Waals surface area contributed by atoms with Crippen molar-refractivity contribution in [3.05, 3.63) is 23.9 Å². The summed E-state index contributed by atoms with van der Waals surface area (Å²) in [6.45, 7) is 2.25. The molecule has 0 aliphatic carbocycles. The summed E-state index contributed by atoms with van der Waals surface area (Å²) >= 11 is 0. The molecular weight excluding hydrogens is 226 g/mol. The summed E-state index contributed by atoms with van der Waals surface area (Å²) in [6, 6.07) is 5.44. The van der Waals surface area contributed by atoms with Crippen molar-refractivity contribution in [1.29, 1.82) is 0 Å². The molecule has 1 aromatic heterocycles. The van der Waals surface area contributed by atoms with E-state index in [1.54, 1.807) is 6.20 Å². The highest BCUT2D eigenvalue weighted by Gasteiger charge is 2.34. The second-order valence-corrected chi connectivity index (χ2v) is 5.47. The third kappa shape index (κ3) is 2.10. The molecule has 4 nitrogen and oxygen atoms in total. The Balaban J connectivity index is 1.76. The van der Waals surface area contributed by atoms with E-state index >= 15 is 0 Å². The molecule has 3 heterocycles. The van der Waals surface area contributed by atoms with Crippen LogP contribution < -0.4 is 4.90 Å². The first-order valence-electron chi connectivity index (χ1n) is 6.80. The van der Waals surface area contributed by atoms with E-state index in [9.17, 15) is 0 Å². The number of aromatic nitrogens is 1. The van der Waals surface area contributed by atoms with Gasteiger partial charge in [0.2, 0.25) is 0 Å². The average Bonchev–Trinajstić information content (AvgIpc) is 2.64. The number of likely N-dealkylation sites (N-methyl/N-ethyl adjacent to an activating group) is 1. The highest BCUT2D eigenvalue weighted by Crippen LogP contribution is 2.30. The van der Waals surface area contributed by atoms with Crippen LogP contribution in [0, 0.1) is 0 Å². The lowest BCUT2D eigenvalue weighted by Gasteiger charge is -2.26. The fourth-order valence-corrected chi connectivity index (χ4v) is 3.21. The van der Waals surface area contributed by atoms with Gasteiger partial charge in [-0.1, -0.05) is 6.07 Å². The van der Waals surface area contributed by atoms with Crippen molar-refractivity contribution in [2.24, 2.45) is 0 Å². The van der Waals surface area contributed by atoms with E-state index in [2.05, 4.69) is 21.8 Å². The third-order valence-corrected chi connectivity index (χ3v) is 4.46. The minimum Gasteiger partial charge on any atom is -0.392 e. The number of hydrogen-bond donors (Lipinski definition) is 1. The fraction of sp³-hybridized carbons (Fsp3) is 0.643. The molecule has 2 fully saturated rings. The number of rotatable bonds is 2. The van der Waals surface area contributed by atoms with Crippen molar-refractivity contribution in [1.82, 2.24) is 9.88 Å². The summed E-state index contributed by atoms with van der Waals surface area (Å²) in [7, 11) is 2.26. The van der Waals surface area contributed by atoms with Crippen LogP contribution in [0.15, 0.2) is 18.3 Å². The monoisotopic (exact) mass is 247 g/mol. The maximum atomic E-state index is 9.04. The standard InChI is InChI=1S/C14H21N3O/c1-16-12-3-4-13(16)9-17(7-6-12)14-5-2-11(10-18)8-15-14/h2,5,8,12-13,18H,3-4,6-7,9-10H2,1H3. The predicted molar refractivity (Wildman–Crippen MR) is 71.6 cm³/mol. The average molecular weight is 247 g/mol. The molecule has 0 amide bonds. The first-order valence-corrected chi connectivity index (χ1v) is 6.80. The lowest BCUT2D eigenvalue weighted by Crippen LogP contribution is -2.36. The molecule has 2 atom stereocenters. The highest BCUT2D eigenvalue weighted by molar-refractivity contribution is 5.40. The van der Waals surface area contributed by atoms with Gasteiger partial charge in [-0.3, -0.25) is 4.90 Å². The molecule has 18 heavy (non-hydrogen) atoms. The van der Waals surface area contributed by atoms with Crippen molar-refractivity contribution >= 4 is 5.82 Å². The minimum absolute atomic E-state index is 0.0702. The largest absolute Gasteiger partial charge is 0.392 e. The number of hydrogen-bond acceptors (Lipinski definition) is 4. The number of pyridine rings is 1. The predicted octanol–water partition coefficient (Wildman–Crippen LogP) is 1.25. The lowest BCUT2D eigenvalue weighted by atomic mass is 10.1. The Morgan fingerprint density at radius 2 is 2.11 bits per heavy atom. The third-order valence-electron chi connectivity index (χ3n) is 4.46. The molecule has 0 aromatic carbocycles. The first-order chi connectivity index (χ1) is 8.78. The van der Waals surface area contributed by atoms with Gasteiger partial charge in [0.25, 0.3) is 0 Å². The minimum atomic E-state index is 0.0702. The van der Waals surface area contributed by atoms with Crippen LogP contribution in [0.5, 0.6) is 0 Å². The number of fused-ring (bicyclic) bond motifs is 2. The second kappa shape index (κ2) is 4.86. The van der Waals surface area contributed by atoms with Crippen LogP contribution in [0.3, 0.4) is 0 Å². The molecule has 98 valence electrons. The Morgan fingerprint density at radius 1 is 1.28 bits per heavy atom. The van der Waals surface area contributed by atoms with Crippen molar-refractivity contribution in [3.8, 4) is 0 Å². The second-order valence-electron chi connectivity index (χ2n) is 5.47. The molecule has 3 rings (SSSR count). The maximum absolute atomic E-state index is 9.04. The summed E-state index contributed by atoms with van der Waals surface area (Å²) in [5, 5.41) is 9.04. The number of aliphatic hydroxyl groups is 1. The van der Waals surface area contributed by atoms with Crippen LogP contribution >= 0.6 is 0 Å². The van der Waals surface area contributed by atoms with Crippen LogP contribution in [0.2, 0.25) is 0 Å². The van der Waals surface area contributed by atoms with E-state index in [4.69, 9.17) is 5.11 Å². The Morgan fingerprint density at radius 3 is 2.83 bits per heavy atom. The Kier molecular flexibility index (Phi) is 3.22. The summed E-state index contributed by atoms with van der Waals surface area (Å²) in [5.74, 6) is 1.05. The quantitative estimate of drug-likeness (QED) is 0.853. The molecule has 0 spiro atoms. The summed E-state index contributed by atoms with van der Waals surface area (Å²) in [5.41, 5.74) is 0.882. The zero-order chi connectivity index (χ0) is 12.5. The molecule has 0 saturated carbocycles. The normalized spacial score (nSPS) is 28.4. The molecular formula is C14H21N3O. The van der Waals surface area contributed by atoms with Crippen LogP contribution in [0.25, 0.3) is 0 Å². The Bertz CT molecular complexity index is 406. The van der Waals surface area contributed by atoms with E-state index in [0.29, 0.717) is 6.04 Å². The van der Waals surface area contributed by atoms with E-state index in [0.717, 1.165) is 30.5 Å². The van der Waals surface area contributed by atoms with Gasteiger partial charge in [0.1, 0.15) is 5.82 Å². The summed E-state index contributed by atoms with van der Waals surface area (Å²) in [6.07, 6.45) is 5.68. The van der Waals surface area contributed by atoms with E-state index in [1.807, 2.05) is 12.1 Å². The van der Waals surface area contributed by atoms with Crippen LogP contribution in [0.1, 0.15) is 24.8 Å². The molecule has 2 unspecified atom stereocenters. The lowest BCUT2D eigenvalue weighted by molar-refractivity contribution is 0.254. The Hall–Kier alpha value is -1.13. The molecule has 1 N–H and O–H groups in total. The fourth-order valence-electron chi connectivity index (χ4n) is 3.21. The van der Waals surface area contributed by atoms with E-state index in [1.165, 1.54) is 19.3 Å². The van der Waals surface area contributed by atoms with Crippen molar-refractivity contribution < 1.29 is 5.11 Å². The van der Waals surface area contributed by atoms with Gasteiger partial charge in [0.15, 0.2) is 0 Å². The molecule has 2 bridgehead atoms. The molecule has 1 aromatic rings. The van der Waals surface area contributed by atoms with Gasteiger partial charge in [0, 0.05) is 31.4 Å². The van der Waals surface area contributed by atoms with Gasteiger partial charge < -0.3 is 10.0 Å². The van der Waals surface area contributed by atoms with Gasteiger partial charge in [-0.2, -0.15) is 0 Å². The zero-order valence-corrected chi connectivity index (χ0v) is 10.9. The molecule has 0 radical (unpaired) electrons. The van der Waals surface area contributed by atoms with Crippen molar-refractivity contribution in [2.45, 2.75) is 38.0 Å².